The summed E-state index contributed by atoms with van der Waals surface area (Å²) in [5.41, 5.74) is 4.83. The van der Waals surface area contributed by atoms with Crippen LogP contribution in [-0.4, -0.2) is 31.7 Å². The molecule has 9 nitrogen and oxygen atoms in total. The lowest BCUT2D eigenvalue weighted by atomic mass is 10.0. The molecule has 1 aliphatic heterocycles. The van der Waals surface area contributed by atoms with Crippen molar-refractivity contribution in [2.45, 2.75) is 24.7 Å². The van der Waals surface area contributed by atoms with E-state index in [1.54, 1.807) is 0 Å². The van der Waals surface area contributed by atoms with Gasteiger partial charge in [-0.3, -0.25) is 4.57 Å². The molecule has 3 atom stereocenters. The molecule has 1 fully saturated rings. The first-order valence-corrected chi connectivity index (χ1v) is 7.62. The van der Waals surface area contributed by atoms with Crippen LogP contribution in [0, 0.1) is 18.4 Å². The first kappa shape index (κ1) is 15.7. The summed E-state index contributed by atoms with van der Waals surface area (Å²) in [6, 6.07) is 0. The summed E-state index contributed by atoms with van der Waals surface area (Å²) < 4.78 is 35.7. The smallest absolute Gasteiger partial charge is 0.488 e. The van der Waals surface area contributed by atoms with Gasteiger partial charge in [0.2, 0.25) is 0 Å². The van der Waals surface area contributed by atoms with Crippen molar-refractivity contribution < 1.29 is 23.1 Å². The highest BCUT2D eigenvalue weighted by atomic mass is 31.1. The third-order valence-corrected chi connectivity index (χ3v) is 3.89. The summed E-state index contributed by atoms with van der Waals surface area (Å²) in [6.07, 6.45) is 6.06. The predicted octanol–water partition coefficient (Wildman–Crippen LogP) is 0.263. The Bertz CT molecular complexity index is 822. The Morgan fingerprint density at radius 1 is 1.70 bits per heavy atom. The van der Waals surface area contributed by atoms with E-state index in [4.69, 9.17) is 16.9 Å². The van der Waals surface area contributed by atoms with Crippen LogP contribution in [0.5, 0.6) is 0 Å². The monoisotopic (exact) mass is 339 g/mol. The number of nitrogen functional groups attached to an aromatic ring is 1. The minimum Gasteiger partial charge on any atom is -0.566 e. The van der Waals surface area contributed by atoms with Crippen molar-refractivity contribution in [3.05, 3.63) is 12.4 Å². The predicted molar refractivity (Wildman–Crippen MR) is 74.2 cm³/mol. The summed E-state index contributed by atoms with van der Waals surface area (Å²) in [4.78, 5) is 21.7. The molecule has 11 heteroatoms. The Morgan fingerprint density at radius 2 is 2.48 bits per heavy atom. The summed E-state index contributed by atoms with van der Waals surface area (Å²) in [6.45, 7) is -0.295. The number of aromatic nitrogens is 4. The van der Waals surface area contributed by atoms with Crippen molar-refractivity contribution in [2.75, 3.05) is 12.3 Å². The number of ether oxygens (including phenoxy) is 1. The summed E-state index contributed by atoms with van der Waals surface area (Å²) in [5, 5.41) is 0. The van der Waals surface area contributed by atoms with E-state index in [1.165, 1.54) is 10.9 Å². The number of hydrogen-bond donors (Lipinski definition) is 1. The van der Waals surface area contributed by atoms with E-state index in [0.29, 0.717) is 12.8 Å². The molecular formula is C12H11FN5O4P. The van der Waals surface area contributed by atoms with Gasteiger partial charge in [-0.25, -0.2) is 4.98 Å². The molecule has 0 bridgehead atoms. The zero-order chi connectivity index (χ0) is 16.6. The SMILES string of the molecule is C#C[C@@]1(CO[P+](=O)[O-])CC[C@H](n2cnc3c(N)nc(F)nc32)O1. The zero-order valence-electron chi connectivity index (χ0n) is 11.7. The van der Waals surface area contributed by atoms with Gasteiger partial charge in [0.1, 0.15) is 12.8 Å². The lowest BCUT2D eigenvalue weighted by Gasteiger charge is -2.21. The average Bonchev–Trinajstić information content (AvgIpc) is 3.09. The molecule has 1 saturated heterocycles. The Balaban J connectivity index is 1.90. The molecule has 3 rings (SSSR count). The zero-order valence-corrected chi connectivity index (χ0v) is 12.6. The minimum atomic E-state index is -3.03. The summed E-state index contributed by atoms with van der Waals surface area (Å²) >= 11 is 0. The van der Waals surface area contributed by atoms with Crippen molar-refractivity contribution >= 4 is 25.2 Å². The molecule has 0 aliphatic carbocycles. The Kier molecular flexibility index (Phi) is 3.95. The van der Waals surface area contributed by atoms with Crippen LogP contribution >= 0.6 is 8.25 Å². The molecular weight excluding hydrogens is 328 g/mol. The van der Waals surface area contributed by atoms with Gasteiger partial charge in [0.05, 0.1) is 6.33 Å². The van der Waals surface area contributed by atoms with E-state index in [9.17, 15) is 13.8 Å². The molecule has 0 amide bonds. The lowest BCUT2D eigenvalue weighted by molar-refractivity contribution is -0.190. The van der Waals surface area contributed by atoms with Gasteiger partial charge in [0.15, 0.2) is 22.6 Å². The van der Waals surface area contributed by atoms with Gasteiger partial charge >= 0.3 is 14.3 Å². The van der Waals surface area contributed by atoms with E-state index < -0.39 is 26.2 Å². The van der Waals surface area contributed by atoms with Crippen molar-refractivity contribution in [3.8, 4) is 12.3 Å². The van der Waals surface area contributed by atoms with Gasteiger partial charge < -0.3 is 15.4 Å². The van der Waals surface area contributed by atoms with Gasteiger partial charge in [-0.1, -0.05) is 5.92 Å². The van der Waals surface area contributed by atoms with Crippen molar-refractivity contribution in [3.63, 3.8) is 0 Å². The molecule has 2 aromatic rings. The quantitative estimate of drug-likeness (QED) is 0.477. The standard InChI is InChI=1S/C12H11FN5O4P/c1-2-12(5-21-23(19)20)4-3-7(22-12)18-6-15-8-9(14)16-11(13)17-10(8)18/h1,6-7H,3-5H2,(H2,14,16,17)/t7-,12+/m1/s1. The van der Waals surface area contributed by atoms with Crippen LogP contribution in [0.3, 0.4) is 0 Å². The maximum atomic E-state index is 13.4. The Hall–Kier alpha value is -2.18. The number of nitrogens with zero attached hydrogens (tertiary/aromatic N) is 4. The Labute approximate surface area is 130 Å². The van der Waals surface area contributed by atoms with Crippen molar-refractivity contribution in [1.29, 1.82) is 0 Å². The molecule has 0 radical (unpaired) electrons. The molecule has 2 aromatic heterocycles. The van der Waals surface area contributed by atoms with Gasteiger partial charge in [-0.15, -0.1) is 10.9 Å². The molecule has 1 aliphatic rings. The van der Waals surface area contributed by atoms with Gasteiger partial charge in [-0.2, -0.15) is 14.4 Å². The van der Waals surface area contributed by atoms with Crippen LogP contribution in [0.1, 0.15) is 19.1 Å². The number of imidazole rings is 1. The van der Waals surface area contributed by atoms with Gasteiger partial charge in [0, 0.05) is 0 Å². The van der Waals surface area contributed by atoms with Crippen molar-refractivity contribution in [2.24, 2.45) is 0 Å². The first-order chi connectivity index (χ1) is 10.9. The number of hydrogen-bond acceptors (Lipinski definition) is 8. The van der Waals surface area contributed by atoms with Crippen molar-refractivity contribution in [1.82, 2.24) is 19.5 Å². The molecule has 23 heavy (non-hydrogen) atoms. The summed E-state index contributed by atoms with van der Waals surface area (Å²) in [5.74, 6) is 2.33. The third kappa shape index (κ3) is 2.87. The maximum Gasteiger partial charge on any atom is 0.488 e. The molecule has 120 valence electrons. The normalized spacial score (nSPS) is 24.7. The Morgan fingerprint density at radius 3 is 3.17 bits per heavy atom. The van der Waals surface area contributed by atoms with E-state index >= 15 is 0 Å². The molecule has 2 N–H and O–H groups in total. The number of halogens is 1. The van der Waals surface area contributed by atoms with Gasteiger partial charge in [-0.05, 0) is 17.4 Å². The molecule has 1 unspecified atom stereocenters. The molecule has 0 saturated carbocycles. The topological polar surface area (TPSA) is 128 Å². The van der Waals surface area contributed by atoms with Crippen LogP contribution < -0.4 is 10.6 Å². The van der Waals surface area contributed by atoms with Crippen LogP contribution in [0.15, 0.2) is 6.33 Å². The highest BCUT2D eigenvalue weighted by molar-refractivity contribution is 7.30. The fourth-order valence-electron chi connectivity index (χ4n) is 2.46. The van der Waals surface area contributed by atoms with E-state index in [2.05, 4.69) is 25.4 Å². The second-order valence-corrected chi connectivity index (χ2v) is 5.65. The first-order valence-electron chi connectivity index (χ1n) is 6.52. The highest BCUT2D eigenvalue weighted by Crippen LogP contribution is 2.38. The molecule has 0 aromatic carbocycles. The van der Waals surface area contributed by atoms with Crippen LogP contribution in [0.2, 0.25) is 0 Å². The number of nitrogens with two attached hydrogens (primary N) is 1. The number of rotatable bonds is 4. The van der Waals surface area contributed by atoms with Crippen LogP contribution in [-0.2, 0) is 13.8 Å². The lowest BCUT2D eigenvalue weighted by Crippen LogP contribution is -2.32. The van der Waals surface area contributed by atoms with E-state index in [-0.39, 0.29) is 23.6 Å². The highest BCUT2D eigenvalue weighted by Gasteiger charge is 2.42. The third-order valence-electron chi connectivity index (χ3n) is 3.55. The number of anilines is 1. The second-order valence-electron chi connectivity index (χ2n) is 4.95. The van der Waals surface area contributed by atoms with Crippen LogP contribution in [0.4, 0.5) is 10.2 Å². The second kappa shape index (κ2) is 5.79. The average molecular weight is 339 g/mol. The number of fused-ring (bicyclic) bond motifs is 1. The number of terminal acetylenes is 1. The van der Waals surface area contributed by atoms with E-state index in [1.807, 2.05) is 0 Å². The minimum absolute atomic E-state index is 0.0841. The maximum absolute atomic E-state index is 13.4. The largest absolute Gasteiger partial charge is 0.566 e. The fraction of sp³-hybridized carbons (Fsp3) is 0.417. The van der Waals surface area contributed by atoms with Gasteiger partial charge in [0.25, 0.3) is 0 Å². The van der Waals surface area contributed by atoms with Crippen LogP contribution in [0.25, 0.3) is 11.2 Å². The fourth-order valence-corrected chi connectivity index (χ4v) is 2.78. The molecule has 3 heterocycles. The summed E-state index contributed by atoms with van der Waals surface area (Å²) in [7, 11) is -3.03. The van der Waals surface area contributed by atoms with E-state index in [0.717, 1.165) is 0 Å². The molecule has 0 spiro atoms.